The van der Waals surface area contributed by atoms with E-state index in [1.807, 2.05) is 31.7 Å². The Bertz CT molecular complexity index is 784. The molecule has 6 nitrogen and oxygen atoms in total. The molecule has 0 aromatic heterocycles. The number of carbonyl (C=O) groups is 2. The lowest BCUT2D eigenvalue weighted by atomic mass is 10.1. The van der Waals surface area contributed by atoms with Crippen LogP contribution in [0.2, 0.25) is 0 Å². The highest BCUT2D eigenvalue weighted by Crippen LogP contribution is 2.21. The van der Waals surface area contributed by atoms with E-state index in [4.69, 9.17) is 4.74 Å². The number of anilines is 2. The zero-order valence-corrected chi connectivity index (χ0v) is 16.3. The first-order valence-corrected chi connectivity index (χ1v) is 9.05. The second-order valence-electron chi connectivity index (χ2n) is 6.22. The molecule has 0 aliphatic carbocycles. The normalized spacial score (nSPS) is 10.6. The van der Waals surface area contributed by atoms with Crippen LogP contribution in [0.15, 0.2) is 42.5 Å². The molecule has 0 saturated carbocycles. The molecule has 0 unspecified atom stereocenters. The number of hydrogen-bond acceptors (Lipinski definition) is 4. The first kappa shape index (κ1) is 20.5. The number of ether oxygens (including phenoxy) is 1. The van der Waals surface area contributed by atoms with Gasteiger partial charge in [0.25, 0.3) is 5.91 Å². The quantitative estimate of drug-likeness (QED) is 0.747. The van der Waals surface area contributed by atoms with Crippen LogP contribution in [0.1, 0.15) is 29.8 Å². The number of amides is 2. The zero-order valence-electron chi connectivity index (χ0n) is 16.3. The molecule has 144 valence electrons. The molecule has 0 heterocycles. The van der Waals surface area contributed by atoms with Gasteiger partial charge in [-0.1, -0.05) is 13.8 Å². The van der Waals surface area contributed by atoms with Crippen molar-refractivity contribution >= 4 is 23.2 Å². The number of rotatable bonds is 8. The molecule has 2 aromatic carbocycles. The number of benzene rings is 2. The highest BCUT2D eigenvalue weighted by atomic mass is 16.5. The molecule has 0 atom stereocenters. The lowest BCUT2D eigenvalue weighted by Crippen LogP contribution is -2.33. The fourth-order valence-corrected chi connectivity index (χ4v) is 2.67. The minimum Gasteiger partial charge on any atom is -0.497 e. The second-order valence-corrected chi connectivity index (χ2v) is 6.22. The monoisotopic (exact) mass is 369 g/mol. The third kappa shape index (κ3) is 5.82. The summed E-state index contributed by atoms with van der Waals surface area (Å²) < 4.78 is 5.10. The Labute approximate surface area is 160 Å². The van der Waals surface area contributed by atoms with Gasteiger partial charge in [-0.05, 0) is 68.0 Å². The Morgan fingerprint density at radius 2 is 1.67 bits per heavy atom. The largest absolute Gasteiger partial charge is 0.497 e. The molecular weight excluding hydrogens is 342 g/mol. The molecule has 0 aliphatic rings. The number of carbonyl (C=O) groups excluding carboxylic acids is 2. The number of nitrogens with one attached hydrogen (secondary N) is 2. The highest BCUT2D eigenvalue weighted by molar-refractivity contribution is 6.04. The Balaban J connectivity index is 2.00. The van der Waals surface area contributed by atoms with Crippen LogP contribution in [-0.2, 0) is 4.79 Å². The van der Waals surface area contributed by atoms with Crippen molar-refractivity contribution < 1.29 is 14.3 Å². The van der Waals surface area contributed by atoms with Crippen LogP contribution in [0.4, 0.5) is 11.4 Å². The summed E-state index contributed by atoms with van der Waals surface area (Å²) in [7, 11) is 1.58. The van der Waals surface area contributed by atoms with Gasteiger partial charge in [0.1, 0.15) is 5.75 Å². The van der Waals surface area contributed by atoms with E-state index in [9.17, 15) is 9.59 Å². The van der Waals surface area contributed by atoms with E-state index in [0.29, 0.717) is 23.5 Å². The maximum Gasteiger partial charge on any atom is 0.255 e. The van der Waals surface area contributed by atoms with E-state index >= 15 is 0 Å². The first-order chi connectivity index (χ1) is 13.0. The molecule has 6 heteroatoms. The Hall–Kier alpha value is -2.86. The second kappa shape index (κ2) is 9.73. The third-order valence-corrected chi connectivity index (χ3v) is 4.37. The first-order valence-electron chi connectivity index (χ1n) is 9.05. The van der Waals surface area contributed by atoms with Gasteiger partial charge in [0.15, 0.2) is 0 Å². The van der Waals surface area contributed by atoms with E-state index in [0.717, 1.165) is 24.3 Å². The van der Waals surface area contributed by atoms with E-state index < -0.39 is 0 Å². The highest BCUT2D eigenvalue weighted by Gasteiger charge is 2.11. The fourth-order valence-electron chi connectivity index (χ4n) is 2.67. The standard InChI is InChI=1S/C21H27N3O3/c1-5-24(6-2)14-20(25)23-19-12-9-17(13-15(19)3)22-21(26)16-7-10-18(27-4)11-8-16/h7-13H,5-6,14H2,1-4H3,(H,22,26)(H,23,25). The molecule has 2 N–H and O–H groups in total. The summed E-state index contributed by atoms with van der Waals surface area (Å²) in [6, 6.07) is 12.3. The summed E-state index contributed by atoms with van der Waals surface area (Å²) in [5, 5.41) is 5.79. The lowest BCUT2D eigenvalue weighted by molar-refractivity contribution is -0.117. The van der Waals surface area contributed by atoms with Crippen molar-refractivity contribution in [3.8, 4) is 5.75 Å². The van der Waals surface area contributed by atoms with Gasteiger partial charge in [0.2, 0.25) is 5.91 Å². The van der Waals surface area contributed by atoms with Gasteiger partial charge in [0, 0.05) is 16.9 Å². The fraction of sp³-hybridized carbons (Fsp3) is 0.333. The number of nitrogens with zero attached hydrogens (tertiary/aromatic N) is 1. The predicted octanol–water partition coefficient (Wildman–Crippen LogP) is 3.54. The molecule has 0 spiro atoms. The van der Waals surface area contributed by atoms with Crippen molar-refractivity contribution in [3.05, 3.63) is 53.6 Å². The van der Waals surface area contributed by atoms with Gasteiger partial charge >= 0.3 is 0 Å². The van der Waals surface area contributed by atoms with Gasteiger partial charge in [-0.15, -0.1) is 0 Å². The number of aryl methyl sites for hydroxylation is 1. The Kier molecular flexibility index (Phi) is 7.37. The van der Waals surface area contributed by atoms with Crippen LogP contribution >= 0.6 is 0 Å². The zero-order chi connectivity index (χ0) is 19.8. The Morgan fingerprint density at radius 3 is 2.22 bits per heavy atom. The van der Waals surface area contributed by atoms with Crippen molar-refractivity contribution in [1.82, 2.24) is 4.90 Å². The lowest BCUT2D eigenvalue weighted by Gasteiger charge is -2.18. The molecule has 0 bridgehead atoms. The summed E-state index contributed by atoms with van der Waals surface area (Å²) >= 11 is 0. The van der Waals surface area contributed by atoms with Crippen LogP contribution in [0.3, 0.4) is 0 Å². The SMILES string of the molecule is CCN(CC)CC(=O)Nc1ccc(NC(=O)c2ccc(OC)cc2)cc1C. The van der Waals surface area contributed by atoms with Gasteiger partial charge < -0.3 is 15.4 Å². The molecule has 0 aliphatic heterocycles. The number of likely N-dealkylation sites (N-methyl/N-ethyl adjacent to an activating group) is 1. The number of hydrogen-bond donors (Lipinski definition) is 2. The van der Waals surface area contributed by atoms with Crippen molar-refractivity contribution in [2.45, 2.75) is 20.8 Å². The average Bonchev–Trinajstić information content (AvgIpc) is 2.68. The van der Waals surface area contributed by atoms with Crippen LogP contribution in [0.5, 0.6) is 5.75 Å². The molecule has 2 aromatic rings. The van der Waals surface area contributed by atoms with Crippen LogP contribution in [0.25, 0.3) is 0 Å². The average molecular weight is 369 g/mol. The van der Waals surface area contributed by atoms with Gasteiger partial charge in [0.05, 0.1) is 13.7 Å². The molecule has 0 fully saturated rings. The van der Waals surface area contributed by atoms with Gasteiger partial charge in [-0.3, -0.25) is 14.5 Å². The summed E-state index contributed by atoms with van der Waals surface area (Å²) in [5.41, 5.74) is 2.85. The minimum absolute atomic E-state index is 0.0446. The summed E-state index contributed by atoms with van der Waals surface area (Å²) in [6.07, 6.45) is 0. The molecule has 27 heavy (non-hydrogen) atoms. The number of methoxy groups -OCH3 is 1. The van der Waals surface area contributed by atoms with E-state index in [-0.39, 0.29) is 11.8 Å². The van der Waals surface area contributed by atoms with Crippen molar-refractivity contribution in [2.75, 3.05) is 37.4 Å². The minimum atomic E-state index is -0.199. The summed E-state index contributed by atoms with van der Waals surface area (Å²) in [6.45, 7) is 7.99. The van der Waals surface area contributed by atoms with Crippen molar-refractivity contribution in [1.29, 1.82) is 0 Å². The van der Waals surface area contributed by atoms with Crippen molar-refractivity contribution in [3.63, 3.8) is 0 Å². The van der Waals surface area contributed by atoms with E-state index in [1.54, 1.807) is 43.5 Å². The van der Waals surface area contributed by atoms with Crippen LogP contribution < -0.4 is 15.4 Å². The molecule has 2 rings (SSSR count). The molecular formula is C21H27N3O3. The maximum atomic E-state index is 12.3. The molecule has 2 amide bonds. The predicted molar refractivity (Wildman–Crippen MR) is 109 cm³/mol. The van der Waals surface area contributed by atoms with E-state index in [2.05, 4.69) is 10.6 Å². The molecule has 0 saturated heterocycles. The van der Waals surface area contributed by atoms with Gasteiger partial charge in [-0.2, -0.15) is 0 Å². The molecule has 0 radical (unpaired) electrons. The van der Waals surface area contributed by atoms with E-state index in [1.165, 1.54) is 0 Å². The maximum absolute atomic E-state index is 12.3. The topological polar surface area (TPSA) is 70.7 Å². The van der Waals surface area contributed by atoms with Crippen molar-refractivity contribution in [2.24, 2.45) is 0 Å². The van der Waals surface area contributed by atoms with Crippen LogP contribution in [-0.4, -0.2) is 43.5 Å². The smallest absolute Gasteiger partial charge is 0.255 e. The third-order valence-electron chi connectivity index (χ3n) is 4.37. The summed E-state index contributed by atoms with van der Waals surface area (Å²) in [5.74, 6) is 0.458. The summed E-state index contributed by atoms with van der Waals surface area (Å²) in [4.78, 5) is 26.6. The van der Waals surface area contributed by atoms with Crippen LogP contribution in [0, 0.1) is 6.92 Å². The Morgan fingerprint density at radius 1 is 1.00 bits per heavy atom. The van der Waals surface area contributed by atoms with Gasteiger partial charge in [-0.25, -0.2) is 0 Å².